The van der Waals surface area contributed by atoms with Crippen LogP contribution >= 0.6 is 11.3 Å². The van der Waals surface area contributed by atoms with Crippen molar-refractivity contribution in [2.45, 2.75) is 31.9 Å². The van der Waals surface area contributed by atoms with Gasteiger partial charge in [-0.1, -0.05) is 18.9 Å². The molecule has 0 spiro atoms. The lowest BCUT2D eigenvalue weighted by molar-refractivity contribution is -0.136. The number of methoxy groups -OCH3 is 1. The highest BCUT2D eigenvalue weighted by Gasteiger charge is 2.33. The lowest BCUT2D eigenvalue weighted by Gasteiger charge is -2.37. The highest BCUT2D eigenvalue weighted by atomic mass is 32.1. The molecule has 8 heteroatoms. The van der Waals surface area contributed by atoms with Crippen LogP contribution in [0.3, 0.4) is 0 Å². The number of nitrogens with zero attached hydrogens (tertiary/aromatic N) is 2. The van der Waals surface area contributed by atoms with Gasteiger partial charge >= 0.3 is 0 Å². The molecule has 0 radical (unpaired) electrons. The molecular formula is C26H34N2O5S. The zero-order valence-electron chi connectivity index (χ0n) is 19.9. The second-order valence-electron chi connectivity index (χ2n) is 8.25. The number of terminal acetylenes is 1. The Morgan fingerprint density at radius 2 is 2.21 bits per heavy atom. The van der Waals surface area contributed by atoms with E-state index in [1.807, 2.05) is 34.1 Å². The zero-order chi connectivity index (χ0) is 24.3. The van der Waals surface area contributed by atoms with Crippen molar-refractivity contribution in [2.75, 3.05) is 53.1 Å². The van der Waals surface area contributed by atoms with Crippen LogP contribution in [0.2, 0.25) is 0 Å². The maximum absolute atomic E-state index is 13.5. The van der Waals surface area contributed by atoms with Crippen LogP contribution in [0.15, 0.2) is 35.7 Å². The third-order valence-corrected chi connectivity index (χ3v) is 6.72. The maximum Gasteiger partial charge on any atom is 0.237 e. The molecule has 0 bridgehead atoms. The van der Waals surface area contributed by atoms with E-state index in [2.05, 4.69) is 24.3 Å². The molecule has 1 aromatic carbocycles. The first-order chi connectivity index (χ1) is 16.5. The molecule has 1 amide bonds. The van der Waals surface area contributed by atoms with Gasteiger partial charge in [-0.3, -0.25) is 9.69 Å². The van der Waals surface area contributed by atoms with Gasteiger partial charge in [0.05, 0.1) is 32.4 Å². The minimum atomic E-state index is -0.704. The van der Waals surface area contributed by atoms with Crippen LogP contribution in [0.25, 0.3) is 0 Å². The number of fused-ring (bicyclic) bond motifs is 1. The van der Waals surface area contributed by atoms with Gasteiger partial charge in [0.25, 0.3) is 0 Å². The summed E-state index contributed by atoms with van der Waals surface area (Å²) in [5.74, 6) is 3.85. The fourth-order valence-electron chi connectivity index (χ4n) is 4.18. The van der Waals surface area contributed by atoms with Crippen LogP contribution in [0.4, 0.5) is 0 Å². The molecular weight excluding hydrogens is 452 g/mol. The summed E-state index contributed by atoms with van der Waals surface area (Å²) in [5.41, 5.74) is 1.15. The van der Waals surface area contributed by atoms with Crippen LogP contribution in [0, 0.1) is 12.3 Å². The van der Waals surface area contributed by atoms with Crippen molar-refractivity contribution < 1.29 is 24.1 Å². The number of rotatable bonds is 13. The Bertz CT molecular complexity index is 957. The predicted octanol–water partition coefficient (Wildman–Crippen LogP) is 2.98. The van der Waals surface area contributed by atoms with E-state index in [4.69, 9.17) is 20.6 Å². The monoisotopic (exact) mass is 486 g/mol. The van der Waals surface area contributed by atoms with Gasteiger partial charge in [0.2, 0.25) is 5.91 Å². The lowest BCUT2D eigenvalue weighted by atomic mass is 10.0. The summed E-state index contributed by atoms with van der Waals surface area (Å²) < 4.78 is 16.7. The summed E-state index contributed by atoms with van der Waals surface area (Å²) in [5, 5.41) is 12.4. The Labute approximate surface area is 206 Å². The second kappa shape index (κ2) is 13.4. The van der Waals surface area contributed by atoms with Gasteiger partial charge < -0.3 is 24.2 Å². The summed E-state index contributed by atoms with van der Waals surface area (Å²) in [7, 11) is 1.62. The van der Waals surface area contributed by atoms with E-state index in [1.165, 1.54) is 4.88 Å². The molecule has 2 atom stereocenters. The standard InChI is InChI=1S/C26H34N2O5S/c1-4-11-27(16-20(29)18-32-13-5-2)17-26(30)28-12-9-25-23(10-14-34-25)24(28)19-33-22-8-6-7-21(15-22)31-3/h2,6-8,10,14-15,20,24,29H,4,9,11-13,16-19H2,1,3H3/t20-,24+/m0/s1. The Morgan fingerprint density at radius 3 is 2.97 bits per heavy atom. The van der Waals surface area contributed by atoms with Crippen molar-refractivity contribution in [1.29, 1.82) is 0 Å². The van der Waals surface area contributed by atoms with E-state index in [-0.39, 0.29) is 31.7 Å². The molecule has 0 saturated carbocycles. The zero-order valence-corrected chi connectivity index (χ0v) is 20.8. The summed E-state index contributed by atoms with van der Waals surface area (Å²) in [6, 6.07) is 9.41. The van der Waals surface area contributed by atoms with E-state index >= 15 is 0 Å². The van der Waals surface area contributed by atoms with Crippen LogP contribution in [-0.4, -0.2) is 80.0 Å². The highest BCUT2D eigenvalue weighted by Crippen LogP contribution is 2.34. The molecule has 1 aliphatic rings. The van der Waals surface area contributed by atoms with E-state index in [0.717, 1.165) is 24.2 Å². The number of amides is 1. The summed E-state index contributed by atoms with van der Waals surface area (Å²) in [4.78, 5) is 18.6. The van der Waals surface area contributed by atoms with E-state index in [1.54, 1.807) is 18.4 Å². The Hall–Kier alpha value is -2.57. The van der Waals surface area contributed by atoms with Gasteiger partial charge in [-0.15, -0.1) is 17.8 Å². The van der Waals surface area contributed by atoms with Gasteiger partial charge in [0.1, 0.15) is 24.7 Å². The molecule has 0 saturated heterocycles. The van der Waals surface area contributed by atoms with Crippen LogP contribution in [0.1, 0.15) is 29.8 Å². The van der Waals surface area contributed by atoms with Crippen molar-refractivity contribution in [3.8, 4) is 23.8 Å². The van der Waals surface area contributed by atoms with E-state index < -0.39 is 6.10 Å². The Kier molecular flexibility index (Phi) is 10.2. The molecule has 34 heavy (non-hydrogen) atoms. The largest absolute Gasteiger partial charge is 0.497 e. The predicted molar refractivity (Wildman–Crippen MR) is 133 cm³/mol. The first kappa shape index (κ1) is 26.0. The first-order valence-electron chi connectivity index (χ1n) is 11.6. The molecule has 0 fully saturated rings. The smallest absolute Gasteiger partial charge is 0.237 e. The molecule has 0 aliphatic carbocycles. The summed E-state index contributed by atoms with van der Waals surface area (Å²) in [6.07, 6.45) is 6.21. The summed E-state index contributed by atoms with van der Waals surface area (Å²) >= 11 is 1.73. The number of hydrogen-bond acceptors (Lipinski definition) is 7. The Morgan fingerprint density at radius 1 is 1.38 bits per heavy atom. The number of ether oxygens (including phenoxy) is 3. The number of thiophene rings is 1. The number of hydrogen-bond donors (Lipinski definition) is 1. The Balaban J connectivity index is 1.68. The molecule has 3 rings (SSSR count). The molecule has 184 valence electrons. The fourth-order valence-corrected chi connectivity index (χ4v) is 5.11. The van der Waals surface area contributed by atoms with Crippen molar-refractivity contribution in [3.63, 3.8) is 0 Å². The van der Waals surface area contributed by atoms with Crippen LogP contribution in [-0.2, 0) is 16.0 Å². The fraction of sp³-hybridized carbons (Fsp3) is 0.500. The lowest BCUT2D eigenvalue weighted by Crippen LogP contribution is -2.48. The number of carbonyl (C=O) groups excluding carboxylic acids is 1. The molecule has 2 aromatic rings. The molecule has 1 aliphatic heterocycles. The van der Waals surface area contributed by atoms with Crippen LogP contribution in [0.5, 0.6) is 11.5 Å². The first-order valence-corrected chi connectivity index (χ1v) is 12.5. The van der Waals surface area contributed by atoms with E-state index in [9.17, 15) is 9.90 Å². The van der Waals surface area contributed by atoms with Gasteiger partial charge in [-0.2, -0.15) is 0 Å². The third-order valence-electron chi connectivity index (χ3n) is 5.73. The third kappa shape index (κ3) is 7.21. The second-order valence-corrected chi connectivity index (χ2v) is 9.25. The molecule has 2 heterocycles. The molecule has 7 nitrogen and oxygen atoms in total. The topological polar surface area (TPSA) is 71.5 Å². The van der Waals surface area contributed by atoms with Gasteiger partial charge in [0, 0.05) is 24.0 Å². The number of carbonyl (C=O) groups is 1. The summed E-state index contributed by atoms with van der Waals surface area (Å²) in [6.45, 7) is 4.67. The minimum Gasteiger partial charge on any atom is -0.497 e. The van der Waals surface area contributed by atoms with Gasteiger partial charge in [-0.05, 0) is 48.5 Å². The van der Waals surface area contributed by atoms with Gasteiger partial charge in [-0.25, -0.2) is 0 Å². The number of aliphatic hydroxyl groups excluding tert-OH is 1. The van der Waals surface area contributed by atoms with Crippen molar-refractivity contribution in [3.05, 3.63) is 46.2 Å². The SMILES string of the molecule is C#CCOC[C@@H](O)CN(CCC)CC(=O)N1CCc2sccc2[C@H]1COc1cccc(OC)c1. The minimum absolute atomic E-state index is 0.0290. The maximum atomic E-state index is 13.5. The molecule has 1 aromatic heterocycles. The normalized spacial score (nSPS) is 16.1. The van der Waals surface area contributed by atoms with Crippen molar-refractivity contribution in [1.82, 2.24) is 9.80 Å². The average molecular weight is 487 g/mol. The quantitative estimate of drug-likeness (QED) is 0.347. The van der Waals surface area contributed by atoms with Crippen molar-refractivity contribution in [2.24, 2.45) is 0 Å². The highest BCUT2D eigenvalue weighted by molar-refractivity contribution is 7.10. The van der Waals surface area contributed by atoms with Crippen molar-refractivity contribution >= 4 is 17.2 Å². The van der Waals surface area contributed by atoms with Gasteiger partial charge in [0.15, 0.2) is 0 Å². The average Bonchev–Trinajstić information content (AvgIpc) is 3.32. The number of benzene rings is 1. The molecule has 0 unspecified atom stereocenters. The molecule has 1 N–H and O–H groups in total. The van der Waals surface area contributed by atoms with E-state index in [0.29, 0.717) is 32.0 Å². The van der Waals surface area contributed by atoms with Crippen LogP contribution < -0.4 is 9.47 Å². The number of aliphatic hydroxyl groups is 1.